The molecular weight excluding hydrogens is 290 g/mol. The highest BCUT2D eigenvalue weighted by atomic mass is 35.5. The summed E-state index contributed by atoms with van der Waals surface area (Å²) in [6.07, 6.45) is 3.41. The Morgan fingerprint density at radius 1 is 1.50 bits per heavy atom. The minimum absolute atomic E-state index is 0.153. The van der Waals surface area contributed by atoms with Crippen LogP contribution >= 0.6 is 23.4 Å². The average Bonchev–Trinajstić information content (AvgIpc) is 2.68. The number of benzene rings is 1. The highest BCUT2D eigenvalue weighted by Gasteiger charge is 2.31. The lowest BCUT2D eigenvalue weighted by Gasteiger charge is -2.17. The number of thioether (sulfide) groups is 1. The third kappa shape index (κ3) is 5.02. The summed E-state index contributed by atoms with van der Waals surface area (Å²) >= 11 is 7.57. The van der Waals surface area contributed by atoms with Crippen molar-refractivity contribution in [1.82, 2.24) is 5.32 Å². The van der Waals surface area contributed by atoms with Gasteiger partial charge in [0.15, 0.2) is 0 Å². The molecule has 0 aliphatic heterocycles. The van der Waals surface area contributed by atoms with E-state index in [1.165, 1.54) is 6.42 Å². The van der Waals surface area contributed by atoms with Crippen LogP contribution in [0.5, 0.6) is 0 Å². The normalized spacial score (nSPS) is 20.9. The second-order valence-corrected chi connectivity index (χ2v) is 7.72. The Balaban J connectivity index is 1.68. The van der Waals surface area contributed by atoms with Crippen LogP contribution in [0.3, 0.4) is 0 Å². The lowest BCUT2D eigenvalue weighted by molar-refractivity contribution is -0.119. The third-order valence-corrected chi connectivity index (χ3v) is 4.96. The molecule has 1 fully saturated rings. The van der Waals surface area contributed by atoms with Crippen LogP contribution in [0.15, 0.2) is 24.3 Å². The lowest BCUT2D eigenvalue weighted by Crippen LogP contribution is -2.34. The summed E-state index contributed by atoms with van der Waals surface area (Å²) in [6, 6.07) is 8.16. The maximum atomic E-state index is 11.9. The van der Waals surface area contributed by atoms with E-state index in [4.69, 9.17) is 11.6 Å². The van der Waals surface area contributed by atoms with Crippen molar-refractivity contribution in [2.24, 2.45) is 5.41 Å². The van der Waals surface area contributed by atoms with E-state index in [0.29, 0.717) is 17.2 Å². The van der Waals surface area contributed by atoms with Gasteiger partial charge in [0, 0.05) is 16.8 Å². The molecule has 0 aromatic heterocycles. The first kappa shape index (κ1) is 15.7. The Hall–Kier alpha value is -0.670. The van der Waals surface area contributed by atoms with Gasteiger partial charge in [-0.2, -0.15) is 0 Å². The molecule has 1 N–H and O–H groups in total. The van der Waals surface area contributed by atoms with Crippen LogP contribution in [0.1, 0.15) is 38.7 Å². The van der Waals surface area contributed by atoms with Gasteiger partial charge in [-0.25, -0.2) is 0 Å². The van der Waals surface area contributed by atoms with Gasteiger partial charge < -0.3 is 5.32 Å². The van der Waals surface area contributed by atoms with Crippen molar-refractivity contribution >= 4 is 29.3 Å². The van der Waals surface area contributed by atoms with E-state index in [9.17, 15) is 4.79 Å². The van der Waals surface area contributed by atoms with Gasteiger partial charge in [-0.1, -0.05) is 37.6 Å². The fraction of sp³-hybridized carbons (Fsp3) is 0.562. The molecule has 1 aliphatic rings. The van der Waals surface area contributed by atoms with Gasteiger partial charge in [-0.3, -0.25) is 4.79 Å². The van der Waals surface area contributed by atoms with Gasteiger partial charge in [0.2, 0.25) is 5.91 Å². The highest BCUT2D eigenvalue weighted by Crippen LogP contribution is 2.36. The average molecular weight is 312 g/mol. The summed E-state index contributed by atoms with van der Waals surface area (Å²) in [5.74, 6) is 1.49. The lowest BCUT2D eigenvalue weighted by atomic mass is 9.92. The molecule has 0 spiro atoms. The van der Waals surface area contributed by atoms with Crippen LogP contribution in [-0.4, -0.2) is 17.7 Å². The van der Waals surface area contributed by atoms with E-state index in [2.05, 4.69) is 19.2 Å². The Bertz CT molecular complexity index is 475. The van der Waals surface area contributed by atoms with Crippen LogP contribution in [0.2, 0.25) is 5.02 Å². The number of carbonyl (C=O) groups excluding carboxylic acids is 1. The number of nitrogens with one attached hydrogen (secondary N) is 1. The zero-order valence-electron chi connectivity index (χ0n) is 12.1. The molecule has 2 rings (SSSR count). The summed E-state index contributed by atoms with van der Waals surface area (Å²) in [5.41, 5.74) is 1.54. The number of rotatable bonds is 5. The predicted molar refractivity (Wildman–Crippen MR) is 87.2 cm³/mol. The summed E-state index contributed by atoms with van der Waals surface area (Å²) in [6.45, 7) is 4.54. The Morgan fingerprint density at radius 2 is 2.30 bits per heavy atom. The first-order valence-corrected chi connectivity index (χ1v) is 8.59. The Labute approximate surface area is 130 Å². The summed E-state index contributed by atoms with van der Waals surface area (Å²) in [5, 5.41) is 3.90. The first-order chi connectivity index (χ1) is 9.44. The topological polar surface area (TPSA) is 29.1 Å². The van der Waals surface area contributed by atoms with Crippen LogP contribution in [0, 0.1) is 5.41 Å². The third-order valence-electron chi connectivity index (χ3n) is 3.72. The molecule has 1 aliphatic carbocycles. The van der Waals surface area contributed by atoms with Crippen LogP contribution in [-0.2, 0) is 10.5 Å². The predicted octanol–water partition coefficient (Wildman–Crippen LogP) is 4.27. The Kier molecular flexibility index (Phi) is 5.39. The molecule has 1 amide bonds. The second-order valence-electron chi connectivity index (χ2n) is 6.29. The maximum Gasteiger partial charge on any atom is 0.230 e. The quantitative estimate of drug-likeness (QED) is 0.880. The van der Waals surface area contributed by atoms with Gasteiger partial charge in [-0.05, 0) is 42.4 Å². The standard InChI is InChI=1S/C16H22ClNOS/c1-16(2)7-6-14(9-16)18-15(19)11-20-10-12-4-3-5-13(17)8-12/h3-5,8,14H,6-7,9-11H2,1-2H3,(H,18,19). The van der Waals surface area contributed by atoms with E-state index in [1.807, 2.05) is 24.3 Å². The van der Waals surface area contributed by atoms with E-state index < -0.39 is 0 Å². The van der Waals surface area contributed by atoms with Gasteiger partial charge in [0.1, 0.15) is 0 Å². The van der Waals surface area contributed by atoms with Gasteiger partial charge in [0.25, 0.3) is 0 Å². The molecule has 1 unspecified atom stereocenters. The van der Waals surface area contributed by atoms with Crippen LogP contribution in [0.25, 0.3) is 0 Å². The second kappa shape index (κ2) is 6.86. The number of hydrogen-bond acceptors (Lipinski definition) is 2. The monoisotopic (exact) mass is 311 g/mol. The van der Waals surface area contributed by atoms with E-state index in [-0.39, 0.29) is 5.91 Å². The van der Waals surface area contributed by atoms with Gasteiger partial charge >= 0.3 is 0 Å². The van der Waals surface area contributed by atoms with Gasteiger partial charge in [0.05, 0.1) is 5.75 Å². The molecule has 1 saturated carbocycles. The van der Waals surface area contributed by atoms with Crippen molar-refractivity contribution in [3.63, 3.8) is 0 Å². The molecule has 1 atom stereocenters. The number of amides is 1. The molecule has 0 heterocycles. The molecule has 4 heteroatoms. The van der Waals surface area contributed by atoms with Crippen molar-refractivity contribution in [2.75, 3.05) is 5.75 Å². The van der Waals surface area contributed by atoms with E-state index in [1.54, 1.807) is 11.8 Å². The van der Waals surface area contributed by atoms with Crippen LogP contribution < -0.4 is 5.32 Å². The smallest absolute Gasteiger partial charge is 0.230 e. The first-order valence-electron chi connectivity index (χ1n) is 7.06. The molecule has 110 valence electrons. The fourth-order valence-corrected chi connectivity index (χ4v) is 3.72. The molecule has 0 bridgehead atoms. The molecule has 2 nitrogen and oxygen atoms in total. The van der Waals surface area contributed by atoms with Crippen molar-refractivity contribution in [2.45, 2.75) is 44.9 Å². The summed E-state index contributed by atoms with van der Waals surface area (Å²) in [4.78, 5) is 11.9. The molecule has 20 heavy (non-hydrogen) atoms. The highest BCUT2D eigenvalue weighted by molar-refractivity contribution is 7.99. The maximum absolute atomic E-state index is 11.9. The van der Waals surface area contributed by atoms with Crippen molar-refractivity contribution in [1.29, 1.82) is 0 Å². The van der Waals surface area contributed by atoms with E-state index in [0.717, 1.165) is 29.2 Å². The largest absolute Gasteiger partial charge is 0.353 e. The van der Waals surface area contributed by atoms with E-state index >= 15 is 0 Å². The number of halogens is 1. The summed E-state index contributed by atoms with van der Waals surface area (Å²) < 4.78 is 0. The van der Waals surface area contributed by atoms with Crippen molar-refractivity contribution in [3.8, 4) is 0 Å². The molecule has 0 saturated heterocycles. The summed E-state index contributed by atoms with van der Waals surface area (Å²) in [7, 11) is 0. The molecule has 1 aromatic carbocycles. The molecule has 1 aromatic rings. The minimum atomic E-state index is 0.153. The van der Waals surface area contributed by atoms with Crippen molar-refractivity contribution < 1.29 is 4.79 Å². The zero-order chi connectivity index (χ0) is 14.6. The minimum Gasteiger partial charge on any atom is -0.353 e. The number of hydrogen-bond donors (Lipinski definition) is 1. The van der Waals surface area contributed by atoms with Crippen molar-refractivity contribution in [3.05, 3.63) is 34.9 Å². The molecular formula is C16H22ClNOS. The number of carbonyl (C=O) groups is 1. The van der Waals surface area contributed by atoms with Crippen LogP contribution in [0.4, 0.5) is 0 Å². The zero-order valence-corrected chi connectivity index (χ0v) is 13.7. The SMILES string of the molecule is CC1(C)CCC(NC(=O)CSCc2cccc(Cl)c2)C1. The van der Waals surface area contributed by atoms with Gasteiger partial charge in [-0.15, -0.1) is 11.8 Å². The molecule has 0 radical (unpaired) electrons. The Morgan fingerprint density at radius 3 is 2.95 bits per heavy atom. The fourth-order valence-electron chi connectivity index (χ4n) is 2.72.